The first kappa shape index (κ1) is 14.5. The van der Waals surface area contributed by atoms with Crippen molar-refractivity contribution in [2.24, 2.45) is 0 Å². The summed E-state index contributed by atoms with van der Waals surface area (Å²) in [7, 11) is 0. The van der Waals surface area contributed by atoms with Crippen LogP contribution in [0.4, 0.5) is 5.69 Å². The number of carbonyl (C=O) groups is 1. The lowest BCUT2D eigenvalue weighted by Gasteiger charge is -2.12. The van der Waals surface area contributed by atoms with Crippen LogP contribution in [0.5, 0.6) is 0 Å². The van der Waals surface area contributed by atoms with Gasteiger partial charge in [-0.3, -0.25) is 4.79 Å². The smallest absolute Gasteiger partial charge is 0.229 e. The zero-order chi connectivity index (χ0) is 15.5. The average Bonchev–Trinajstić information content (AvgIpc) is 3.10. The molecular weight excluding hydrogens is 294 g/mol. The molecular formula is C17H17N3OS. The number of carbonyl (C=O) groups excluding carboxylic acids is 1. The van der Waals surface area contributed by atoms with E-state index in [-0.39, 0.29) is 5.91 Å². The molecule has 0 saturated heterocycles. The largest absolute Gasteiger partial charge is 0.324 e. The molecule has 22 heavy (non-hydrogen) atoms. The number of nitrogens with zero attached hydrogens (tertiary/aromatic N) is 2. The first-order chi connectivity index (χ1) is 10.6. The van der Waals surface area contributed by atoms with Gasteiger partial charge in [0.2, 0.25) is 5.91 Å². The Bertz CT molecular complexity index is 790. The lowest BCUT2D eigenvalue weighted by molar-refractivity contribution is -0.115. The molecule has 0 aliphatic heterocycles. The number of rotatable bonds is 4. The van der Waals surface area contributed by atoms with Gasteiger partial charge in [0, 0.05) is 11.1 Å². The second-order valence-electron chi connectivity index (χ2n) is 5.29. The van der Waals surface area contributed by atoms with Crippen LogP contribution in [0.1, 0.15) is 16.0 Å². The van der Waals surface area contributed by atoms with Crippen molar-refractivity contribution in [3.05, 3.63) is 64.1 Å². The van der Waals surface area contributed by atoms with E-state index in [1.165, 1.54) is 0 Å². The minimum atomic E-state index is -0.0156. The van der Waals surface area contributed by atoms with Crippen molar-refractivity contribution in [1.82, 2.24) is 9.78 Å². The summed E-state index contributed by atoms with van der Waals surface area (Å²) < 4.78 is 1.79. The number of nitrogens with one attached hydrogen (secondary N) is 1. The molecule has 1 N–H and O–H groups in total. The van der Waals surface area contributed by atoms with Gasteiger partial charge in [-0.15, -0.1) is 11.3 Å². The number of aromatic nitrogens is 2. The lowest BCUT2D eigenvalue weighted by atomic mass is 10.2. The SMILES string of the molecule is Cc1ccc(-n2cc(C)cn2)c(NC(=O)Cc2cccs2)c1. The van der Waals surface area contributed by atoms with Crippen LogP contribution in [-0.4, -0.2) is 15.7 Å². The Morgan fingerprint density at radius 1 is 1.27 bits per heavy atom. The fraction of sp³-hybridized carbons (Fsp3) is 0.176. The zero-order valence-electron chi connectivity index (χ0n) is 12.5. The summed E-state index contributed by atoms with van der Waals surface area (Å²) in [5.74, 6) is -0.0156. The molecule has 0 radical (unpaired) electrons. The Morgan fingerprint density at radius 2 is 2.14 bits per heavy atom. The van der Waals surface area contributed by atoms with E-state index in [0.29, 0.717) is 6.42 Å². The highest BCUT2D eigenvalue weighted by atomic mass is 32.1. The Morgan fingerprint density at radius 3 is 2.82 bits per heavy atom. The summed E-state index contributed by atoms with van der Waals surface area (Å²) in [5, 5.41) is 9.31. The summed E-state index contributed by atoms with van der Waals surface area (Å²) in [6, 6.07) is 9.89. The molecule has 0 bridgehead atoms. The fourth-order valence-electron chi connectivity index (χ4n) is 2.26. The van der Waals surface area contributed by atoms with Gasteiger partial charge >= 0.3 is 0 Å². The summed E-state index contributed by atoms with van der Waals surface area (Å²) >= 11 is 1.59. The van der Waals surface area contributed by atoms with Crippen molar-refractivity contribution < 1.29 is 4.79 Å². The predicted molar refractivity (Wildman–Crippen MR) is 89.7 cm³/mol. The maximum absolute atomic E-state index is 12.2. The lowest BCUT2D eigenvalue weighted by Crippen LogP contribution is -2.15. The minimum Gasteiger partial charge on any atom is -0.324 e. The normalized spacial score (nSPS) is 10.6. The van der Waals surface area contributed by atoms with Crippen LogP contribution >= 0.6 is 11.3 Å². The Hall–Kier alpha value is -2.40. The molecule has 1 aromatic carbocycles. The summed E-state index contributed by atoms with van der Waals surface area (Å²) in [4.78, 5) is 13.3. The Balaban J connectivity index is 1.86. The average molecular weight is 311 g/mol. The van der Waals surface area contributed by atoms with Crippen molar-refractivity contribution in [2.75, 3.05) is 5.32 Å². The minimum absolute atomic E-state index is 0.0156. The van der Waals surface area contributed by atoms with Gasteiger partial charge in [0.15, 0.2) is 0 Å². The fourth-order valence-corrected chi connectivity index (χ4v) is 2.96. The van der Waals surface area contributed by atoms with Crippen molar-refractivity contribution in [2.45, 2.75) is 20.3 Å². The quantitative estimate of drug-likeness (QED) is 0.798. The number of hydrogen-bond acceptors (Lipinski definition) is 3. The first-order valence-corrected chi connectivity index (χ1v) is 7.94. The molecule has 2 aromatic heterocycles. The third kappa shape index (κ3) is 3.26. The van der Waals surface area contributed by atoms with Gasteiger partial charge in [-0.25, -0.2) is 4.68 Å². The molecule has 112 valence electrons. The van der Waals surface area contributed by atoms with Crippen molar-refractivity contribution in [3.63, 3.8) is 0 Å². The third-order valence-electron chi connectivity index (χ3n) is 3.30. The van der Waals surface area contributed by atoms with E-state index in [1.807, 2.05) is 55.8 Å². The molecule has 0 saturated carbocycles. The first-order valence-electron chi connectivity index (χ1n) is 7.06. The molecule has 0 aliphatic rings. The molecule has 3 aromatic rings. The van der Waals surface area contributed by atoms with E-state index in [0.717, 1.165) is 27.4 Å². The molecule has 0 unspecified atom stereocenters. The van der Waals surface area contributed by atoms with Gasteiger partial charge in [0.1, 0.15) is 0 Å². The molecule has 1 amide bonds. The number of hydrogen-bond donors (Lipinski definition) is 1. The summed E-state index contributed by atoms with van der Waals surface area (Å²) in [5.41, 5.74) is 3.83. The molecule has 0 spiro atoms. The molecule has 0 fully saturated rings. The second kappa shape index (κ2) is 6.15. The Labute approximate surface area is 133 Å². The van der Waals surface area contributed by atoms with Crippen LogP contribution < -0.4 is 5.32 Å². The van der Waals surface area contributed by atoms with E-state index in [1.54, 1.807) is 22.2 Å². The number of aryl methyl sites for hydroxylation is 2. The maximum atomic E-state index is 12.2. The van der Waals surface area contributed by atoms with E-state index in [4.69, 9.17) is 0 Å². The third-order valence-corrected chi connectivity index (χ3v) is 4.18. The number of benzene rings is 1. The van der Waals surface area contributed by atoms with Gasteiger partial charge in [-0.1, -0.05) is 12.1 Å². The standard InChI is InChI=1S/C17H17N3OS/c1-12-5-6-16(20-11-13(2)10-18-20)15(8-12)19-17(21)9-14-4-3-7-22-14/h3-8,10-11H,9H2,1-2H3,(H,19,21). The van der Waals surface area contributed by atoms with Gasteiger partial charge in [-0.05, 0) is 48.6 Å². The molecule has 2 heterocycles. The van der Waals surface area contributed by atoms with Crippen LogP contribution in [0.15, 0.2) is 48.1 Å². The monoisotopic (exact) mass is 311 g/mol. The maximum Gasteiger partial charge on any atom is 0.229 e. The van der Waals surface area contributed by atoms with Crippen LogP contribution in [0.25, 0.3) is 5.69 Å². The van der Waals surface area contributed by atoms with Crippen LogP contribution in [-0.2, 0) is 11.2 Å². The number of thiophene rings is 1. The van der Waals surface area contributed by atoms with Crippen molar-refractivity contribution in [1.29, 1.82) is 0 Å². The predicted octanol–water partition coefficient (Wildman–Crippen LogP) is 3.73. The van der Waals surface area contributed by atoms with Crippen LogP contribution in [0.2, 0.25) is 0 Å². The zero-order valence-corrected chi connectivity index (χ0v) is 13.4. The number of anilines is 1. The highest BCUT2D eigenvalue weighted by molar-refractivity contribution is 7.10. The van der Waals surface area contributed by atoms with Gasteiger partial charge in [0.25, 0.3) is 0 Å². The molecule has 4 nitrogen and oxygen atoms in total. The van der Waals surface area contributed by atoms with E-state index < -0.39 is 0 Å². The van der Waals surface area contributed by atoms with Crippen LogP contribution in [0, 0.1) is 13.8 Å². The summed E-state index contributed by atoms with van der Waals surface area (Å²) in [6.45, 7) is 4.00. The van der Waals surface area contributed by atoms with Gasteiger partial charge in [-0.2, -0.15) is 5.10 Å². The molecule has 0 aliphatic carbocycles. The highest BCUT2D eigenvalue weighted by Crippen LogP contribution is 2.22. The highest BCUT2D eigenvalue weighted by Gasteiger charge is 2.11. The van der Waals surface area contributed by atoms with E-state index in [2.05, 4.69) is 10.4 Å². The van der Waals surface area contributed by atoms with Gasteiger partial charge < -0.3 is 5.32 Å². The summed E-state index contributed by atoms with van der Waals surface area (Å²) in [6.07, 6.45) is 4.14. The van der Waals surface area contributed by atoms with Crippen molar-refractivity contribution in [3.8, 4) is 5.69 Å². The van der Waals surface area contributed by atoms with Crippen LogP contribution in [0.3, 0.4) is 0 Å². The molecule has 0 atom stereocenters. The molecule has 5 heteroatoms. The molecule has 3 rings (SSSR count). The topological polar surface area (TPSA) is 46.9 Å². The number of amides is 1. The Kier molecular flexibility index (Phi) is 4.06. The van der Waals surface area contributed by atoms with E-state index >= 15 is 0 Å². The van der Waals surface area contributed by atoms with Crippen molar-refractivity contribution >= 4 is 22.9 Å². The second-order valence-corrected chi connectivity index (χ2v) is 6.32. The van der Waals surface area contributed by atoms with E-state index in [9.17, 15) is 4.79 Å². The van der Waals surface area contributed by atoms with Gasteiger partial charge in [0.05, 0.1) is 24.0 Å².